The van der Waals surface area contributed by atoms with E-state index in [4.69, 9.17) is 5.73 Å². The van der Waals surface area contributed by atoms with Gasteiger partial charge in [-0.05, 0) is 42.5 Å². The maximum absolute atomic E-state index is 12.8. The Morgan fingerprint density at radius 3 is 2.32 bits per heavy atom. The monoisotopic (exact) mass is 335 g/mol. The largest absolute Gasteiger partial charge is 0.416 e. The van der Waals surface area contributed by atoms with Crippen LogP contribution in [0.1, 0.15) is 49.3 Å². The maximum atomic E-state index is 12.8. The molecule has 0 heterocycles. The summed E-state index contributed by atoms with van der Waals surface area (Å²) >= 11 is 3.14. The number of alkyl halides is 3. The number of rotatable bonds is 2. The average molecular weight is 336 g/mol. The Hall–Kier alpha value is -0.550. The average Bonchev–Trinajstić information content (AvgIpc) is 2.37. The van der Waals surface area contributed by atoms with E-state index in [1.165, 1.54) is 12.5 Å². The minimum Gasteiger partial charge on any atom is -0.324 e. The summed E-state index contributed by atoms with van der Waals surface area (Å²) in [6, 6.07) is 3.68. The Morgan fingerprint density at radius 1 is 1.11 bits per heavy atom. The van der Waals surface area contributed by atoms with Gasteiger partial charge in [-0.25, -0.2) is 0 Å². The lowest BCUT2D eigenvalue weighted by molar-refractivity contribution is -0.137. The molecule has 1 nitrogen and oxygen atoms in total. The predicted molar refractivity (Wildman–Crippen MR) is 72.6 cm³/mol. The molecule has 2 N–H and O–H groups in total. The van der Waals surface area contributed by atoms with Crippen molar-refractivity contribution in [2.24, 2.45) is 11.7 Å². The van der Waals surface area contributed by atoms with E-state index in [0.717, 1.165) is 31.7 Å². The maximum Gasteiger partial charge on any atom is 0.416 e. The van der Waals surface area contributed by atoms with Crippen LogP contribution in [0.3, 0.4) is 0 Å². The second-order valence-corrected chi connectivity index (χ2v) is 6.11. The van der Waals surface area contributed by atoms with Gasteiger partial charge in [0, 0.05) is 10.5 Å². The van der Waals surface area contributed by atoms with Crippen LogP contribution in [0.4, 0.5) is 13.2 Å². The van der Waals surface area contributed by atoms with Gasteiger partial charge in [-0.1, -0.05) is 35.2 Å². The van der Waals surface area contributed by atoms with E-state index in [0.29, 0.717) is 16.0 Å². The molecule has 0 bridgehead atoms. The molecule has 1 aromatic rings. The van der Waals surface area contributed by atoms with Crippen molar-refractivity contribution in [1.29, 1.82) is 0 Å². The van der Waals surface area contributed by atoms with Crippen LogP contribution in [0.2, 0.25) is 0 Å². The molecule has 5 heteroatoms. The zero-order valence-electron chi connectivity index (χ0n) is 10.5. The topological polar surface area (TPSA) is 26.0 Å². The Bertz CT molecular complexity index is 439. The van der Waals surface area contributed by atoms with Crippen LogP contribution in [0.25, 0.3) is 0 Å². The quantitative estimate of drug-likeness (QED) is 0.804. The molecule has 0 aromatic heterocycles. The fourth-order valence-corrected chi connectivity index (χ4v) is 3.24. The van der Waals surface area contributed by atoms with E-state index in [9.17, 15) is 13.2 Å². The Kier molecular flexibility index (Phi) is 4.56. The van der Waals surface area contributed by atoms with Crippen molar-refractivity contribution in [3.8, 4) is 0 Å². The van der Waals surface area contributed by atoms with Gasteiger partial charge >= 0.3 is 6.18 Å². The SMILES string of the molecule is N[C@@H](c1cc(Br)cc(C(F)(F)F)c1)C1CCCCC1. The van der Waals surface area contributed by atoms with Crippen molar-refractivity contribution in [3.05, 3.63) is 33.8 Å². The van der Waals surface area contributed by atoms with Crippen LogP contribution in [0.15, 0.2) is 22.7 Å². The molecule has 0 unspecified atom stereocenters. The highest BCUT2D eigenvalue weighted by atomic mass is 79.9. The lowest BCUT2D eigenvalue weighted by atomic mass is 9.81. The summed E-state index contributed by atoms with van der Waals surface area (Å²) in [5, 5.41) is 0. The molecular weight excluding hydrogens is 319 g/mol. The van der Waals surface area contributed by atoms with Gasteiger partial charge in [-0.3, -0.25) is 0 Å². The van der Waals surface area contributed by atoms with Crippen molar-refractivity contribution in [2.45, 2.75) is 44.3 Å². The lowest BCUT2D eigenvalue weighted by Crippen LogP contribution is -2.24. The van der Waals surface area contributed by atoms with Crippen LogP contribution >= 0.6 is 15.9 Å². The smallest absolute Gasteiger partial charge is 0.324 e. The first-order valence-corrected chi connectivity index (χ1v) is 7.30. The van der Waals surface area contributed by atoms with E-state index in [-0.39, 0.29) is 6.04 Å². The van der Waals surface area contributed by atoms with Gasteiger partial charge in [-0.15, -0.1) is 0 Å². The molecule has 0 spiro atoms. The van der Waals surface area contributed by atoms with Gasteiger partial charge in [0.2, 0.25) is 0 Å². The van der Waals surface area contributed by atoms with E-state index in [1.54, 1.807) is 6.07 Å². The van der Waals surface area contributed by atoms with Crippen LogP contribution in [0.5, 0.6) is 0 Å². The van der Waals surface area contributed by atoms with E-state index in [2.05, 4.69) is 15.9 Å². The Balaban J connectivity index is 2.26. The molecular formula is C14H17BrF3N. The number of nitrogens with two attached hydrogens (primary N) is 1. The van der Waals surface area contributed by atoms with Gasteiger partial charge < -0.3 is 5.73 Å². The second-order valence-electron chi connectivity index (χ2n) is 5.19. The van der Waals surface area contributed by atoms with Gasteiger partial charge in [0.05, 0.1) is 5.56 Å². The summed E-state index contributed by atoms with van der Waals surface area (Å²) in [7, 11) is 0. The number of hydrogen-bond acceptors (Lipinski definition) is 1. The third-order valence-corrected chi connectivity index (χ3v) is 4.25. The molecule has 0 aliphatic heterocycles. The standard InChI is InChI=1S/C14H17BrF3N/c15-12-7-10(6-11(8-12)14(16,17)18)13(19)9-4-2-1-3-5-9/h6-9,13H,1-5,19H2/t13-/m1/s1. The zero-order valence-corrected chi connectivity index (χ0v) is 12.1. The molecule has 19 heavy (non-hydrogen) atoms. The van der Waals surface area contributed by atoms with Crippen LogP contribution in [0, 0.1) is 5.92 Å². The predicted octanol–water partition coefficient (Wildman–Crippen LogP) is 5.05. The lowest BCUT2D eigenvalue weighted by Gasteiger charge is -2.28. The van der Waals surface area contributed by atoms with Crippen molar-refractivity contribution in [1.82, 2.24) is 0 Å². The van der Waals surface area contributed by atoms with Crippen molar-refractivity contribution in [3.63, 3.8) is 0 Å². The minimum absolute atomic E-state index is 0.295. The summed E-state index contributed by atoms with van der Waals surface area (Å²) in [6.07, 6.45) is 1.14. The fourth-order valence-electron chi connectivity index (χ4n) is 2.73. The number of hydrogen-bond donors (Lipinski definition) is 1. The van der Waals surface area contributed by atoms with Gasteiger partial charge in [0.1, 0.15) is 0 Å². The van der Waals surface area contributed by atoms with Crippen molar-refractivity contribution in [2.75, 3.05) is 0 Å². The van der Waals surface area contributed by atoms with E-state index < -0.39 is 11.7 Å². The molecule has 1 saturated carbocycles. The summed E-state index contributed by atoms with van der Waals surface area (Å²) < 4.78 is 38.8. The van der Waals surface area contributed by atoms with Crippen LogP contribution in [-0.2, 0) is 6.18 Å². The third-order valence-electron chi connectivity index (χ3n) is 3.79. The molecule has 2 rings (SSSR count). The second kappa shape index (κ2) is 5.83. The van der Waals surface area contributed by atoms with Crippen LogP contribution < -0.4 is 5.73 Å². The number of benzene rings is 1. The van der Waals surface area contributed by atoms with Gasteiger partial charge in [-0.2, -0.15) is 13.2 Å². The van der Waals surface area contributed by atoms with E-state index >= 15 is 0 Å². The van der Waals surface area contributed by atoms with Gasteiger partial charge in [0.25, 0.3) is 0 Å². The Labute approximate surface area is 119 Å². The highest BCUT2D eigenvalue weighted by Gasteiger charge is 2.32. The molecule has 1 atom stereocenters. The van der Waals surface area contributed by atoms with Crippen molar-refractivity contribution >= 4 is 15.9 Å². The molecule has 1 aliphatic carbocycles. The van der Waals surface area contributed by atoms with Crippen molar-refractivity contribution < 1.29 is 13.2 Å². The summed E-state index contributed by atoms with van der Waals surface area (Å²) in [5.41, 5.74) is 6.10. The molecule has 1 aromatic carbocycles. The molecule has 0 radical (unpaired) electrons. The summed E-state index contributed by atoms with van der Waals surface area (Å²) in [4.78, 5) is 0. The van der Waals surface area contributed by atoms with Crippen LogP contribution in [-0.4, -0.2) is 0 Å². The van der Waals surface area contributed by atoms with E-state index in [1.807, 2.05) is 0 Å². The first kappa shape index (κ1) is 14.9. The first-order valence-electron chi connectivity index (χ1n) is 6.51. The molecule has 106 valence electrons. The highest BCUT2D eigenvalue weighted by Crippen LogP contribution is 2.37. The normalized spacial score (nSPS) is 19.4. The fraction of sp³-hybridized carbons (Fsp3) is 0.571. The van der Waals surface area contributed by atoms with Gasteiger partial charge in [0.15, 0.2) is 0 Å². The summed E-state index contributed by atoms with van der Waals surface area (Å²) in [6.45, 7) is 0. The summed E-state index contributed by atoms with van der Waals surface area (Å²) in [5.74, 6) is 0.295. The first-order chi connectivity index (χ1) is 8.88. The molecule has 1 aliphatic rings. The highest BCUT2D eigenvalue weighted by molar-refractivity contribution is 9.10. The zero-order chi connectivity index (χ0) is 14.0. The molecule has 0 amide bonds. The minimum atomic E-state index is -4.33. The Morgan fingerprint density at radius 2 is 1.74 bits per heavy atom. The molecule has 0 saturated heterocycles. The third kappa shape index (κ3) is 3.72. The molecule has 1 fully saturated rings. The number of halogens is 4.